The maximum absolute atomic E-state index is 4.85. The van der Waals surface area contributed by atoms with Crippen molar-refractivity contribution in [2.75, 3.05) is 28.2 Å². The monoisotopic (exact) mass is 245 g/mol. The number of nitrogens with zero attached hydrogens (tertiary/aromatic N) is 3. The summed E-state index contributed by atoms with van der Waals surface area (Å²) >= 11 is 0. The zero-order valence-electron chi connectivity index (χ0n) is 12.0. The number of rotatable bonds is 2. The number of guanidine groups is 1. The first-order valence-corrected chi connectivity index (χ1v) is 6.48. The third-order valence-corrected chi connectivity index (χ3v) is 3.43. The maximum atomic E-state index is 4.85. The fraction of sp³-hybridized carbons (Fsp3) is 0.533. The average Bonchev–Trinajstić information content (AvgIpc) is 3.05. The van der Waals surface area contributed by atoms with Gasteiger partial charge in [0.2, 0.25) is 0 Å². The molecule has 0 N–H and O–H groups in total. The molecule has 0 amide bonds. The molecule has 18 heavy (non-hydrogen) atoms. The Morgan fingerprint density at radius 2 is 1.72 bits per heavy atom. The Kier molecular flexibility index (Phi) is 3.60. The molecule has 1 aliphatic rings. The lowest BCUT2D eigenvalue weighted by atomic mass is 10.0. The summed E-state index contributed by atoms with van der Waals surface area (Å²) in [6.07, 6.45) is 1.18. The van der Waals surface area contributed by atoms with Crippen LogP contribution >= 0.6 is 0 Å². The molecule has 1 aromatic carbocycles. The molecule has 0 saturated heterocycles. The SMILES string of the molecule is Cc1ccccc1C1CC1N=C(N(C)C)N(C)C. The van der Waals surface area contributed by atoms with Crippen molar-refractivity contribution in [2.24, 2.45) is 4.99 Å². The molecule has 2 unspecified atom stereocenters. The van der Waals surface area contributed by atoms with Crippen LogP contribution in [0.3, 0.4) is 0 Å². The highest BCUT2D eigenvalue weighted by molar-refractivity contribution is 5.79. The van der Waals surface area contributed by atoms with Gasteiger partial charge in [-0.3, -0.25) is 0 Å². The Morgan fingerprint density at radius 1 is 1.11 bits per heavy atom. The number of hydrogen-bond acceptors (Lipinski definition) is 1. The minimum Gasteiger partial charge on any atom is -0.349 e. The van der Waals surface area contributed by atoms with E-state index in [0.717, 1.165) is 5.96 Å². The third-order valence-electron chi connectivity index (χ3n) is 3.43. The first kappa shape index (κ1) is 12.9. The normalized spacial score (nSPS) is 21.4. The van der Waals surface area contributed by atoms with E-state index >= 15 is 0 Å². The molecule has 1 aliphatic carbocycles. The van der Waals surface area contributed by atoms with Crippen LogP contribution in [0.2, 0.25) is 0 Å². The van der Waals surface area contributed by atoms with E-state index in [1.54, 1.807) is 0 Å². The molecule has 1 aromatic rings. The first-order chi connectivity index (χ1) is 8.50. The van der Waals surface area contributed by atoms with Gasteiger partial charge in [0.1, 0.15) is 0 Å². The van der Waals surface area contributed by atoms with Crippen LogP contribution in [0, 0.1) is 6.92 Å². The highest BCUT2D eigenvalue weighted by atomic mass is 15.3. The van der Waals surface area contributed by atoms with Gasteiger partial charge in [-0.2, -0.15) is 0 Å². The zero-order chi connectivity index (χ0) is 13.3. The van der Waals surface area contributed by atoms with Crippen molar-refractivity contribution in [3.8, 4) is 0 Å². The predicted molar refractivity (Wildman–Crippen MR) is 77.1 cm³/mol. The van der Waals surface area contributed by atoms with Crippen LogP contribution in [-0.4, -0.2) is 50.0 Å². The second kappa shape index (κ2) is 5.01. The maximum Gasteiger partial charge on any atom is 0.195 e. The lowest BCUT2D eigenvalue weighted by Gasteiger charge is -2.22. The standard InChI is InChI=1S/C15H23N3/c1-11-8-6-7-9-12(11)13-10-14(13)16-15(17(2)3)18(4)5/h6-9,13-14H,10H2,1-5H3. The highest BCUT2D eigenvalue weighted by Crippen LogP contribution is 2.44. The summed E-state index contributed by atoms with van der Waals surface area (Å²) in [4.78, 5) is 9.01. The van der Waals surface area contributed by atoms with Gasteiger partial charge in [-0.15, -0.1) is 0 Å². The number of benzene rings is 1. The Labute approximate surface area is 110 Å². The average molecular weight is 245 g/mol. The van der Waals surface area contributed by atoms with Crippen LogP contribution in [0.4, 0.5) is 0 Å². The smallest absolute Gasteiger partial charge is 0.195 e. The van der Waals surface area contributed by atoms with E-state index in [1.807, 2.05) is 28.2 Å². The molecular weight excluding hydrogens is 222 g/mol. The number of aliphatic imine (C=N–C) groups is 1. The summed E-state index contributed by atoms with van der Waals surface area (Å²) in [6, 6.07) is 9.10. The molecule has 2 rings (SSSR count). The molecule has 3 heteroatoms. The predicted octanol–water partition coefficient (Wildman–Crippen LogP) is 2.33. The van der Waals surface area contributed by atoms with Gasteiger partial charge in [0, 0.05) is 34.1 Å². The molecule has 0 aromatic heterocycles. The summed E-state index contributed by atoms with van der Waals surface area (Å²) in [6.45, 7) is 2.19. The van der Waals surface area contributed by atoms with E-state index in [4.69, 9.17) is 4.99 Å². The number of aryl methyl sites for hydroxylation is 1. The van der Waals surface area contributed by atoms with Gasteiger partial charge < -0.3 is 9.80 Å². The highest BCUT2D eigenvalue weighted by Gasteiger charge is 2.39. The minimum absolute atomic E-state index is 0.450. The van der Waals surface area contributed by atoms with Gasteiger partial charge in [-0.05, 0) is 24.5 Å². The van der Waals surface area contributed by atoms with Gasteiger partial charge in [0.25, 0.3) is 0 Å². The molecule has 0 radical (unpaired) electrons. The second-order valence-electron chi connectivity index (χ2n) is 5.48. The van der Waals surface area contributed by atoms with Gasteiger partial charge in [0.05, 0.1) is 6.04 Å². The van der Waals surface area contributed by atoms with E-state index in [2.05, 4.69) is 41.0 Å². The zero-order valence-corrected chi connectivity index (χ0v) is 12.0. The molecule has 0 spiro atoms. The topological polar surface area (TPSA) is 18.8 Å². The van der Waals surface area contributed by atoms with Gasteiger partial charge in [0.15, 0.2) is 5.96 Å². The minimum atomic E-state index is 0.450. The van der Waals surface area contributed by atoms with E-state index in [-0.39, 0.29) is 0 Å². The molecule has 0 heterocycles. The summed E-state index contributed by atoms with van der Waals surface area (Å²) in [5.41, 5.74) is 2.85. The molecule has 2 atom stereocenters. The van der Waals surface area contributed by atoms with Crippen LogP contribution < -0.4 is 0 Å². The Morgan fingerprint density at radius 3 is 2.28 bits per heavy atom. The molecule has 0 aliphatic heterocycles. The molecular formula is C15H23N3. The molecule has 1 fully saturated rings. The van der Waals surface area contributed by atoms with Crippen LogP contribution in [-0.2, 0) is 0 Å². The van der Waals surface area contributed by atoms with Crippen LogP contribution in [0.15, 0.2) is 29.3 Å². The third kappa shape index (κ3) is 2.66. The largest absolute Gasteiger partial charge is 0.349 e. The van der Waals surface area contributed by atoms with Crippen molar-refractivity contribution in [1.82, 2.24) is 9.80 Å². The summed E-state index contributed by atoms with van der Waals surface area (Å²) < 4.78 is 0. The Balaban J connectivity index is 2.12. The fourth-order valence-corrected chi connectivity index (χ4v) is 2.44. The fourth-order valence-electron chi connectivity index (χ4n) is 2.44. The Hall–Kier alpha value is -1.51. The van der Waals surface area contributed by atoms with E-state index < -0.39 is 0 Å². The quantitative estimate of drug-likeness (QED) is 0.588. The van der Waals surface area contributed by atoms with Crippen LogP contribution in [0.5, 0.6) is 0 Å². The van der Waals surface area contributed by atoms with Crippen molar-refractivity contribution < 1.29 is 0 Å². The van der Waals surface area contributed by atoms with Crippen LogP contribution in [0.25, 0.3) is 0 Å². The second-order valence-corrected chi connectivity index (χ2v) is 5.48. The van der Waals surface area contributed by atoms with Crippen molar-refractivity contribution in [2.45, 2.75) is 25.3 Å². The summed E-state index contributed by atoms with van der Waals surface area (Å²) in [7, 11) is 8.18. The summed E-state index contributed by atoms with van der Waals surface area (Å²) in [5, 5.41) is 0. The van der Waals surface area contributed by atoms with Gasteiger partial charge in [-0.1, -0.05) is 24.3 Å². The van der Waals surface area contributed by atoms with Crippen LogP contribution in [0.1, 0.15) is 23.5 Å². The molecule has 3 nitrogen and oxygen atoms in total. The summed E-state index contributed by atoms with van der Waals surface area (Å²) in [5.74, 6) is 1.66. The van der Waals surface area contributed by atoms with E-state index in [0.29, 0.717) is 12.0 Å². The first-order valence-electron chi connectivity index (χ1n) is 6.48. The number of hydrogen-bond donors (Lipinski definition) is 0. The van der Waals surface area contributed by atoms with E-state index in [1.165, 1.54) is 17.5 Å². The van der Waals surface area contributed by atoms with Gasteiger partial charge in [-0.25, -0.2) is 4.99 Å². The lowest BCUT2D eigenvalue weighted by molar-refractivity contribution is 0.478. The van der Waals surface area contributed by atoms with Gasteiger partial charge >= 0.3 is 0 Å². The van der Waals surface area contributed by atoms with Crippen molar-refractivity contribution in [3.63, 3.8) is 0 Å². The molecule has 0 bridgehead atoms. The molecule has 98 valence electrons. The Bertz CT molecular complexity index is 439. The van der Waals surface area contributed by atoms with Crippen molar-refractivity contribution in [1.29, 1.82) is 0 Å². The lowest BCUT2D eigenvalue weighted by Crippen LogP contribution is -2.35. The van der Waals surface area contributed by atoms with Crippen molar-refractivity contribution in [3.05, 3.63) is 35.4 Å². The van der Waals surface area contributed by atoms with E-state index in [9.17, 15) is 0 Å². The van der Waals surface area contributed by atoms with Crippen molar-refractivity contribution >= 4 is 5.96 Å². The molecule has 1 saturated carbocycles.